The molecule has 2 rings (SSSR count). The standard InChI is InChI=1S/C13H15BrFN5O/c1-3-4-21-13-19-11(16)18-12(20-13)17-10-6-8(14)9(15)5-7(10)2/h5-6H,3-4H2,1-2H3,(H3,16,17,18,19,20). The van der Waals surface area contributed by atoms with Crippen LogP contribution in [0.25, 0.3) is 0 Å². The van der Waals surface area contributed by atoms with Gasteiger partial charge in [0.05, 0.1) is 11.1 Å². The Labute approximate surface area is 130 Å². The van der Waals surface area contributed by atoms with Gasteiger partial charge in [-0.05, 0) is 47.0 Å². The third-order valence-corrected chi connectivity index (χ3v) is 3.19. The molecule has 0 aliphatic heterocycles. The molecule has 0 spiro atoms. The second-order valence-corrected chi connectivity index (χ2v) is 5.21. The fourth-order valence-electron chi connectivity index (χ4n) is 1.59. The first-order valence-corrected chi connectivity index (χ1v) is 7.16. The van der Waals surface area contributed by atoms with Gasteiger partial charge in [-0.15, -0.1) is 0 Å². The van der Waals surface area contributed by atoms with Crippen LogP contribution in [-0.2, 0) is 0 Å². The Morgan fingerprint density at radius 1 is 1.33 bits per heavy atom. The number of hydrogen-bond donors (Lipinski definition) is 2. The molecule has 0 bridgehead atoms. The number of nitrogens with zero attached hydrogens (tertiary/aromatic N) is 3. The molecule has 0 aliphatic carbocycles. The summed E-state index contributed by atoms with van der Waals surface area (Å²) in [4.78, 5) is 12.0. The monoisotopic (exact) mass is 355 g/mol. The number of benzene rings is 1. The number of anilines is 3. The lowest BCUT2D eigenvalue weighted by Gasteiger charge is -2.10. The molecule has 1 aromatic carbocycles. The molecule has 0 amide bonds. The van der Waals surface area contributed by atoms with Crippen molar-refractivity contribution >= 4 is 33.5 Å². The van der Waals surface area contributed by atoms with Gasteiger partial charge in [0, 0.05) is 5.69 Å². The molecule has 2 aromatic rings. The molecule has 0 atom stereocenters. The minimum Gasteiger partial charge on any atom is -0.463 e. The highest BCUT2D eigenvalue weighted by atomic mass is 79.9. The van der Waals surface area contributed by atoms with Gasteiger partial charge in [0.15, 0.2) is 0 Å². The van der Waals surface area contributed by atoms with Crippen molar-refractivity contribution in [3.8, 4) is 6.01 Å². The molecule has 21 heavy (non-hydrogen) atoms. The number of aryl methyl sites for hydroxylation is 1. The summed E-state index contributed by atoms with van der Waals surface area (Å²) >= 11 is 3.14. The van der Waals surface area contributed by atoms with E-state index < -0.39 is 0 Å². The van der Waals surface area contributed by atoms with Gasteiger partial charge < -0.3 is 15.8 Å². The van der Waals surface area contributed by atoms with Gasteiger partial charge in [0.1, 0.15) is 5.82 Å². The summed E-state index contributed by atoms with van der Waals surface area (Å²) in [7, 11) is 0. The quantitative estimate of drug-likeness (QED) is 0.856. The zero-order valence-corrected chi connectivity index (χ0v) is 13.2. The molecular weight excluding hydrogens is 341 g/mol. The average molecular weight is 356 g/mol. The SMILES string of the molecule is CCCOc1nc(N)nc(Nc2cc(Br)c(F)cc2C)n1. The molecule has 0 saturated carbocycles. The van der Waals surface area contributed by atoms with Crippen LogP contribution in [0.3, 0.4) is 0 Å². The Morgan fingerprint density at radius 3 is 2.81 bits per heavy atom. The van der Waals surface area contributed by atoms with Gasteiger partial charge in [-0.3, -0.25) is 0 Å². The zero-order valence-electron chi connectivity index (χ0n) is 11.7. The molecule has 112 valence electrons. The number of nitrogens with one attached hydrogen (secondary N) is 1. The van der Waals surface area contributed by atoms with Gasteiger partial charge >= 0.3 is 6.01 Å². The number of hydrogen-bond acceptors (Lipinski definition) is 6. The first kappa shape index (κ1) is 15.4. The van der Waals surface area contributed by atoms with Crippen molar-refractivity contribution in [1.82, 2.24) is 15.0 Å². The van der Waals surface area contributed by atoms with Crippen LogP contribution < -0.4 is 15.8 Å². The van der Waals surface area contributed by atoms with E-state index in [1.165, 1.54) is 6.07 Å². The molecule has 0 radical (unpaired) electrons. The second kappa shape index (κ2) is 6.66. The minimum absolute atomic E-state index is 0.0532. The fourth-order valence-corrected chi connectivity index (χ4v) is 1.93. The molecule has 3 N–H and O–H groups in total. The van der Waals surface area contributed by atoms with E-state index in [-0.39, 0.29) is 23.7 Å². The van der Waals surface area contributed by atoms with Crippen LogP contribution in [0.2, 0.25) is 0 Å². The van der Waals surface area contributed by atoms with Gasteiger partial charge in [-0.25, -0.2) is 4.39 Å². The average Bonchev–Trinajstić information content (AvgIpc) is 2.42. The molecule has 0 saturated heterocycles. The fraction of sp³-hybridized carbons (Fsp3) is 0.308. The Bertz CT molecular complexity index is 653. The van der Waals surface area contributed by atoms with Crippen molar-refractivity contribution < 1.29 is 9.13 Å². The minimum atomic E-state index is -0.333. The smallest absolute Gasteiger partial charge is 0.323 e. The maximum absolute atomic E-state index is 13.4. The number of rotatable bonds is 5. The molecular formula is C13H15BrFN5O. The van der Waals surface area contributed by atoms with Crippen LogP contribution in [0.1, 0.15) is 18.9 Å². The molecule has 0 aliphatic rings. The highest BCUT2D eigenvalue weighted by Gasteiger charge is 2.09. The van der Waals surface area contributed by atoms with Crippen LogP contribution in [0.5, 0.6) is 6.01 Å². The normalized spacial score (nSPS) is 10.5. The van der Waals surface area contributed by atoms with Crippen molar-refractivity contribution in [3.05, 3.63) is 28.0 Å². The van der Waals surface area contributed by atoms with Gasteiger partial charge in [0.25, 0.3) is 0 Å². The number of nitrogen functional groups attached to an aromatic ring is 1. The summed E-state index contributed by atoms with van der Waals surface area (Å²) in [6.07, 6.45) is 0.832. The zero-order chi connectivity index (χ0) is 15.4. The number of aromatic nitrogens is 3. The predicted octanol–water partition coefficient (Wildman–Crippen LogP) is 3.20. The Morgan fingerprint density at radius 2 is 2.10 bits per heavy atom. The van der Waals surface area contributed by atoms with E-state index in [1.807, 2.05) is 6.92 Å². The third kappa shape index (κ3) is 4.01. The molecule has 6 nitrogen and oxygen atoms in total. The summed E-state index contributed by atoms with van der Waals surface area (Å²) in [6.45, 7) is 4.24. The van der Waals surface area contributed by atoms with E-state index in [0.29, 0.717) is 22.3 Å². The van der Waals surface area contributed by atoms with Crippen molar-refractivity contribution in [1.29, 1.82) is 0 Å². The Balaban J connectivity index is 2.27. The topological polar surface area (TPSA) is 86.0 Å². The lowest BCUT2D eigenvalue weighted by molar-refractivity contribution is 0.292. The van der Waals surface area contributed by atoms with Gasteiger partial charge in [-0.1, -0.05) is 6.92 Å². The van der Waals surface area contributed by atoms with Crippen molar-refractivity contribution in [2.75, 3.05) is 17.7 Å². The second-order valence-electron chi connectivity index (χ2n) is 4.35. The van der Waals surface area contributed by atoms with Crippen molar-refractivity contribution in [2.24, 2.45) is 0 Å². The summed E-state index contributed by atoms with van der Waals surface area (Å²) in [5.41, 5.74) is 7.00. The largest absolute Gasteiger partial charge is 0.463 e. The molecule has 0 unspecified atom stereocenters. The first-order chi connectivity index (χ1) is 9.99. The first-order valence-electron chi connectivity index (χ1n) is 6.36. The summed E-state index contributed by atoms with van der Waals surface area (Å²) in [5, 5.41) is 2.98. The van der Waals surface area contributed by atoms with Crippen LogP contribution in [0.4, 0.5) is 22.0 Å². The molecule has 0 fully saturated rings. The van der Waals surface area contributed by atoms with E-state index in [9.17, 15) is 4.39 Å². The van der Waals surface area contributed by atoms with Crippen LogP contribution in [0, 0.1) is 12.7 Å². The van der Waals surface area contributed by atoms with E-state index >= 15 is 0 Å². The van der Waals surface area contributed by atoms with Crippen LogP contribution in [-0.4, -0.2) is 21.6 Å². The number of halogens is 2. The number of nitrogens with two attached hydrogens (primary N) is 1. The summed E-state index contributed by atoms with van der Waals surface area (Å²) < 4.78 is 19.1. The summed E-state index contributed by atoms with van der Waals surface area (Å²) in [5.74, 6) is -0.0344. The highest BCUT2D eigenvalue weighted by molar-refractivity contribution is 9.10. The van der Waals surface area contributed by atoms with Gasteiger partial charge in [0.2, 0.25) is 11.9 Å². The van der Waals surface area contributed by atoms with Gasteiger partial charge in [-0.2, -0.15) is 15.0 Å². The van der Waals surface area contributed by atoms with E-state index in [4.69, 9.17) is 10.5 Å². The lowest BCUT2D eigenvalue weighted by Crippen LogP contribution is -2.08. The molecule has 8 heteroatoms. The van der Waals surface area contributed by atoms with Crippen LogP contribution in [0.15, 0.2) is 16.6 Å². The lowest BCUT2D eigenvalue weighted by atomic mass is 10.2. The van der Waals surface area contributed by atoms with E-state index in [0.717, 1.165) is 6.42 Å². The third-order valence-electron chi connectivity index (χ3n) is 2.58. The predicted molar refractivity (Wildman–Crippen MR) is 82.1 cm³/mol. The molecule has 1 aromatic heterocycles. The van der Waals surface area contributed by atoms with Crippen molar-refractivity contribution in [3.63, 3.8) is 0 Å². The van der Waals surface area contributed by atoms with E-state index in [2.05, 4.69) is 36.2 Å². The summed E-state index contributed by atoms with van der Waals surface area (Å²) in [6, 6.07) is 3.17. The Hall–Kier alpha value is -1.96. The van der Waals surface area contributed by atoms with Crippen LogP contribution >= 0.6 is 15.9 Å². The molecule has 1 heterocycles. The maximum Gasteiger partial charge on any atom is 0.323 e. The maximum atomic E-state index is 13.4. The number of ether oxygens (including phenoxy) is 1. The van der Waals surface area contributed by atoms with Crippen molar-refractivity contribution in [2.45, 2.75) is 20.3 Å². The van der Waals surface area contributed by atoms with E-state index in [1.54, 1.807) is 13.0 Å². The Kier molecular flexibility index (Phi) is 4.89. The highest BCUT2D eigenvalue weighted by Crippen LogP contribution is 2.26.